The number of hydrogen-bond acceptors (Lipinski definition) is 2. The van der Waals surface area contributed by atoms with Gasteiger partial charge in [0.1, 0.15) is 0 Å². The third kappa shape index (κ3) is 4.85. The molecule has 41 heavy (non-hydrogen) atoms. The average Bonchev–Trinajstić information content (AvgIpc) is 3.32. The second-order valence-electron chi connectivity index (χ2n) is 12.8. The van der Waals surface area contributed by atoms with E-state index in [1.54, 1.807) is 4.50 Å². The molecule has 2 heterocycles. The minimum absolute atomic E-state index is 0.0278. The van der Waals surface area contributed by atoms with Crippen molar-refractivity contribution in [2.75, 3.05) is 0 Å². The molecule has 0 spiro atoms. The Morgan fingerprint density at radius 1 is 0.756 bits per heavy atom. The fourth-order valence-corrected chi connectivity index (χ4v) is 14.7. The lowest BCUT2D eigenvalue weighted by Gasteiger charge is -2.34. The van der Waals surface area contributed by atoms with Crippen molar-refractivity contribution < 1.29 is 0 Å². The molecule has 206 valence electrons. The van der Waals surface area contributed by atoms with Crippen LogP contribution < -0.4 is 14.9 Å². The number of benzene rings is 4. The van der Waals surface area contributed by atoms with Gasteiger partial charge in [-0.3, -0.25) is 4.98 Å². The lowest BCUT2D eigenvalue weighted by molar-refractivity contribution is 0.596. The largest absolute Gasteiger partial charge is 0.255 e. The molecule has 0 aliphatic carbocycles. The number of pyridine rings is 1. The first kappa shape index (κ1) is 27.6. The highest BCUT2D eigenvalue weighted by molar-refractivity contribution is 7.37. The summed E-state index contributed by atoms with van der Waals surface area (Å²) in [5, 5.41) is 6.93. The predicted octanol–water partition coefficient (Wildman–Crippen LogP) is 8.85. The van der Waals surface area contributed by atoms with E-state index in [1.807, 2.05) is 17.5 Å². The lowest BCUT2D eigenvalue weighted by atomic mass is 9.82. The van der Waals surface area contributed by atoms with Crippen LogP contribution in [0.2, 0.25) is 6.04 Å². The highest BCUT2D eigenvalue weighted by Gasteiger charge is 2.42. The third-order valence-corrected chi connectivity index (χ3v) is 16.1. The van der Waals surface area contributed by atoms with Gasteiger partial charge in [0.15, 0.2) is 8.07 Å². The van der Waals surface area contributed by atoms with Crippen LogP contribution >= 0.6 is 11.3 Å². The fraction of sp³-hybridized carbons (Fsp3) is 0.237. The molecule has 0 saturated carbocycles. The summed E-state index contributed by atoms with van der Waals surface area (Å²) >= 11 is 2.00. The first-order valence-electron chi connectivity index (χ1n) is 14.7. The number of aryl methyl sites for hydroxylation is 1. The van der Waals surface area contributed by atoms with E-state index in [-0.39, 0.29) is 5.41 Å². The zero-order valence-electron chi connectivity index (χ0n) is 25.0. The molecule has 6 aromatic rings. The molecule has 0 amide bonds. The first-order chi connectivity index (χ1) is 19.7. The molecule has 0 aliphatic rings. The Labute approximate surface area is 249 Å². The van der Waals surface area contributed by atoms with Gasteiger partial charge < -0.3 is 0 Å². The number of nitrogens with zero attached hydrogens (tertiary/aromatic N) is 1. The van der Waals surface area contributed by atoms with Gasteiger partial charge in [-0.1, -0.05) is 120 Å². The van der Waals surface area contributed by atoms with Gasteiger partial charge in [-0.2, -0.15) is 0 Å². The Balaban J connectivity index is 1.67. The molecule has 0 radical (unpaired) electrons. The molecule has 0 N–H and O–H groups in total. The van der Waals surface area contributed by atoms with E-state index in [0.29, 0.717) is 5.92 Å². The molecule has 0 bridgehead atoms. The van der Waals surface area contributed by atoms with Gasteiger partial charge in [0.2, 0.25) is 0 Å². The first-order valence-corrected chi connectivity index (χ1v) is 17.8. The number of hydrogen-bond donors (Lipinski definition) is 0. The maximum Gasteiger partial charge on any atom is 0.161 e. The van der Waals surface area contributed by atoms with Crippen LogP contribution in [-0.2, 0) is 5.41 Å². The molecule has 0 unspecified atom stereocenters. The average molecular weight is 570 g/mol. The summed E-state index contributed by atoms with van der Waals surface area (Å²) in [6.07, 6.45) is 2.02. The Bertz CT molecular complexity index is 1790. The van der Waals surface area contributed by atoms with Crippen LogP contribution in [-0.4, -0.2) is 13.1 Å². The summed E-state index contributed by atoms with van der Waals surface area (Å²) < 4.78 is 2.87. The molecule has 3 heteroatoms. The van der Waals surface area contributed by atoms with E-state index in [4.69, 9.17) is 4.98 Å². The molecular weight excluding hydrogens is 531 g/mol. The topological polar surface area (TPSA) is 12.9 Å². The molecule has 0 saturated heterocycles. The number of aromatic nitrogens is 1. The molecule has 4 aromatic carbocycles. The number of fused-ring (bicyclic) bond motifs is 2. The zero-order valence-corrected chi connectivity index (χ0v) is 26.8. The van der Waals surface area contributed by atoms with Gasteiger partial charge in [-0.25, -0.2) is 0 Å². The molecule has 2 aromatic heterocycles. The van der Waals surface area contributed by atoms with Gasteiger partial charge in [0.05, 0.1) is 10.4 Å². The van der Waals surface area contributed by atoms with Crippen molar-refractivity contribution >= 4 is 55.1 Å². The summed E-state index contributed by atoms with van der Waals surface area (Å²) in [6, 6.07) is 39.6. The monoisotopic (exact) mass is 569 g/mol. The van der Waals surface area contributed by atoms with Crippen LogP contribution in [0.25, 0.3) is 32.1 Å². The van der Waals surface area contributed by atoms with Gasteiger partial charge in [-0.05, 0) is 80.2 Å². The van der Waals surface area contributed by atoms with Crippen LogP contribution in [0.1, 0.15) is 45.7 Å². The van der Waals surface area contributed by atoms with Crippen molar-refractivity contribution in [1.82, 2.24) is 4.98 Å². The van der Waals surface area contributed by atoms with Crippen molar-refractivity contribution in [3.63, 3.8) is 0 Å². The smallest absolute Gasteiger partial charge is 0.161 e. The Kier molecular flexibility index (Phi) is 7.21. The molecule has 0 aliphatic heterocycles. The summed E-state index contributed by atoms with van der Waals surface area (Å²) in [6.45, 7) is 14.0. The highest BCUT2D eigenvalue weighted by Crippen LogP contribution is 2.39. The van der Waals surface area contributed by atoms with Crippen LogP contribution in [0.5, 0.6) is 0 Å². The molecule has 6 rings (SSSR count). The van der Waals surface area contributed by atoms with E-state index in [2.05, 4.69) is 145 Å². The second-order valence-corrected chi connectivity index (χ2v) is 18.1. The van der Waals surface area contributed by atoms with Crippen molar-refractivity contribution in [1.29, 1.82) is 0 Å². The van der Waals surface area contributed by atoms with Crippen LogP contribution in [0.15, 0.2) is 109 Å². The summed E-state index contributed by atoms with van der Waals surface area (Å²) in [5.41, 5.74) is 5.13. The van der Waals surface area contributed by atoms with Crippen molar-refractivity contribution in [2.45, 2.75) is 53.0 Å². The van der Waals surface area contributed by atoms with Gasteiger partial charge in [-0.15, -0.1) is 11.3 Å². The Morgan fingerprint density at radius 3 is 1.98 bits per heavy atom. The molecular formula is C38H39NSSi. The van der Waals surface area contributed by atoms with Crippen LogP contribution in [0, 0.1) is 12.8 Å². The quantitative estimate of drug-likeness (QED) is 0.183. The van der Waals surface area contributed by atoms with Crippen molar-refractivity contribution in [3.8, 4) is 11.3 Å². The summed E-state index contributed by atoms with van der Waals surface area (Å²) in [5.74, 6) is 0.569. The predicted molar refractivity (Wildman–Crippen MR) is 183 cm³/mol. The van der Waals surface area contributed by atoms with E-state index < -0.39 is 8.07 Å². The SMILES string of the molecule is Cc1c([Si](CC(C)C)(c2ccccc2)c2ccccc2)sc2c(-c3cc(C(C)(C)C)c4ccccc4c3)nccc12. The van der Waals surface area contributed by atoms with E-state index in [0.717, 1.165) is 5.69 Å². The van der Waals surface area contributed by atoms with Gasteiger partial charge in [0.25, 0.3) is 0 Å². The maximum atomic E-state index is 5.08. The summed E-state index contributed by atoms with van der Waals surface area (Å²) in [4.78, 5) is 5.08. The minimum Gasteiger partial charge on any atom is -0.255 e. The Hall–Kier alpha value is -3.53. The van der Waals surface area contributed by atoms with Crippen LogP contribution in [0.4, 0.5) is 0 Å². The Morgan fingerprint density at radius 2 is 1.37 bits per heavy atom. The van der Waals surface area contributed by atoms with Crippen molar-refractivity contribution in [2.24, 2.45) is 5.92 Å². The molecule has 0 fully saturated rings. The fourth-order valence-electron chi connectivity index (χ4n) is 6.64. The van der Waals surface area contributed by atoms with Crippen LogP contribution in [0.3, 0.4) is 0 Å². The lowest BCUT2D eigenvalue weighted by Crippen LogP contribution is -2.67. The number of thiophene rings is 1. The highest BCUT2D eigenvalue weighted by atomic mass is 32.1. The maximum absolute atomic E-state index is 5.08. The minimum atomic E-state index is -2.33. The number of rotatable bonds is 6. The molecule has 1 nitrogen and oxygen atoms in total. The van der Waals surface area contributed by atoms with Gasteiger partial charge >= 0.3 is 0 Å². The van der Waals surface area contributed by atoms with Gasteiger partial charge in [0, 0.05) is 16.3 Å². The zero-order chi connectivity index (χ0) is 28.8. The van der Waals surface area contributed by atoms with E-state index in [1.165, 1.54) is 54.0 Å². The standard InChI is InChI=1S/C38H39NSSi/c1-26(2)25-41(30-16-9-7-10-17-30,31-18-11-8-12-19-31)37-27(3)32-21-22-39-35(36(32)40-37)29-23-28-15-13-14-20-33(28)34(24-29)38(4,5)6/h7-24,26H,25H2,1-6H3. The summed E-state index contributed by atoms with van der Waals surface area (Å²) in [7, 11) is -2.33. The second kappa shape index (κ2) is 10.7. The normalized spacial score (nSPS) is 12.5. The van der Waals surface area contributed by atoms with Crippen molar-refractivity contribution in [3.05, 3.63) is 120 Å². The third-order valence-electron chi connectivity index (χ3n) is 8.43. The van der Waals surface area contributed by atoms with E-state index in [9.17, 15) is 0 Å². The van der Waals surface area contributed by atoms with E-state index >= 15 is 0 Å². The molecule has 0 atom stereocenters.